The van der Waals surface area contributed by atoms with E-state index in [9.17, 15) is 4.79 Å². The molecule has 0 N–H and O–H groups in total. The molecule has 1 amide bonds. The SMILES string of the molecule is Cc1cc(C)n2sc(=NC(=O)c3cccnc3Cl)nc2n1. The van der Waals surface area contributed by atoms with Gasteiger partial charge in [-0.1, -0.05) is 11.6 Å². The van der Waals surface area contributed by atoms with Gasteiger partial charge in [-0.2, -0.15) is 9.98 Å². The van der Waals surface area contributed by atoms with Gasteiger partial charge in [0.15, 0.2) is 0 Å². The molecular weight excluding hydrogens is 310 g/mol. The lowest BCUT2D eigenvalue weighted by Gasteiger charge is -1.97. The van der Waals surface area contributed by atoms with E-state index in [1.165, 1.54) is 17.7 Å². The zero-order valence-electron chi connectivity index (χ0n) is 11.2. The summed E-state index contributed by atoms with van der Waals surface area (Å²) in [5, 5.41) is 0.130. The zero-order valence-corrected chi connectivity index (χ0v) is 12.8. The van der Waals surface area contributed by atoms with Crippen molar-refractivity contribution in [3.63, 3.8) is 0 Å². The molecule has 106 valence electrons. The molecule has 8 heteroatoms. The summed E-state index contributed by atoms with van der Waals surface area (Å²) in [6.45, 7) is 3.84. The van der Waals surface area contributed by atoms with E-state index >= 15 is 0 Å². The molecule has 0 aliphatic rings. The summed E-state index contributed by atoms with van der Waals surface area (Å²) in [6.07, 6.45) is 1.52. The highest BCUT2D eigenvalue weighted by molar-refractivity contribution is 7.03. The molecule has 0 spiro atoms. The van der Waals surface area contributed by atoms with E-state index < -0.39 is 5.91 Å². The molecule has 0 atom stereocenters. The molecule has 0 saturated heterocycles. The van der Waals surface area contributed by atoms with E-state index in [2.05, 4.69) is 19.9 Å². The maximum atomic E-state index is 12.1. The van der Waals surface area contributed by atoms with E-state index in [0.717, 1.165) is 11.4 Å². The highest BCUT2D eigenvalue weighted by Gasteiger charge is 2.10. The van der Waals surface area contributed by atoms with Crippen molar-refractivity contribution in [3.8, 4) is 0 Å². The second-order valence-electron chi connectivity index (χ2n) is 4.38. The van der Waals surface area contributed by atoms with Gasteiger partial charge in [-0.25, -0.2) is 13.8 Å². The fraction of sp³-hybridized carbons (Fsp3) is 0.154. The van der Waals surface area contributed by atoms with Crippen LogP contribution in [0, 0.1) is 13.8 Å². The highest BCUT2D eigenvalue weighted by atomic mass is 35.5. The topological polar surface area (TPSA) is 72.5 Å². The van der Waals surface area contributed by atoms with Crippen LogP contribution in [-0.2, 0) is 0 Å². The Bertz CT molecular complexity index is 914. The summed E-state index contributed by atoms with van der Waals surface area (Å²) in [7, 11) is 0. The molecule has 0 fully saturated rings. The van der Waals surface area contributed by atoms with Gasteiger partial charge >= 0.3 is 0 Å². The summed E-state index contributed by atoms with van der Waals surface area (Å²) in [5.41, 5.74) is 2.11. The first kappa shape index (κ1) is 13.8. The molecule has 6 nitrogen and oxygen atoms in total. The van der Waals surface area contributed by atoms with Crippen molar-refractivity contribution < 1.29 is 4.79 Å². The van der Waals surface area contributed by atoms with Gasteiger partial charge in [-0.3, -0.25) is 4.79 Å². The standard InChI is InChI=1S/C13H10ClN5OS/c1-7-6-8(2)19-12(16-7)18-13(21-19)17-11(20)9-4-3-5-15-10(9)14/h3-6H,1-2H3. The average Bonchev–Trinajstić information content (AvgIpc) is 2.81. The average molecular weight is 320 g/mol. The number of halogens is 1. The second kappa shape index (κ2) is 5.34. The Morgan fingerprint density at radius 2 is 2.19 bits per heavy atom. The van der Waals surface area contributed by atoms with Crippen molar-refractivity contribution in [2.45, 2.75) is 13.8 Å². The lowest BCUT2D eigenvalue weighted by atomic mass is 10.3. The fourth-order valence-electron chi connectivity index (χ4n) is 1.86. The maximum absolute atomic E-state index is 12.1. The van der Waals surface area contributed by atoms with Crippen molar-refractivity contribution in [2.24, 2.45) is 4.99 Å². The van der Waals surface area contributed by atoms with E-state index in [1.54, 1.807) is 12.1 Å². The third kappa shape index (κ3) is 2.70. The maximum Gasteiger partial charge on any atom is 0.282 e. The van der Waals surface area contributed by atoms with Gasteiger partial charge in [0.05, 0.1) is 5.56 Å². The number of carbonyl (C=O) groups excluding carboxylic acids is 1. The molecule has 3 heterocycles. The zero-order chi connectivity index (χ0) is 15.0. The molecular formula is C13H10ClN5OS. The van der Waals surface area contributed by atoms with Gasteiger partial charge in [0.2, 0.25) is 10.6 Å². The van der Waals surface area contributed by atoms with Gasteiger partial charge < -0.3 is 0 Å². The third-order valence-corrected chi connectivity index (χ3v) is 4.03. The van der Waals surface area contributed by atoms with Crippen LogP contribution in [-0.4, -0.2) is 24.6 Å². The monoisotopic (exact) mass is 319 g/mol. The lowest BCUT2D eigenvalue weighted by Crippen LogP contribution is -2.06. The number of pyridine rings is 1. The van der Waals surface area contributed by atoms with Gasteiger partial charge in [0.25, 0.3) is 5.91 Å². The van der Waals surface area contributed by atoms with Crippen LogP contribution in [0.15, 0.2) is 29.4 Å². The van der Waals surface area contributed by atoms with Crippen molar-refractivity contribution in [1.29, 1.82) is 0 Å². The van der Waals surface area contributed by atoms with Crippen LogP contribution in [0.2, 0.25) is 5.15 Å². The first-order valence-corrected chi connectivity index (χ1v) is 7.23. The summed E-state index contributed by atoms with van der Waals surface area (Å²) in [4.78, 5) is 28.8. The molecule has 0 radical (unpaired) electrons. The number of hydrogen-bond acceptors (Lipinski definition) is 5. The molecule has 3 rings (SSSR count). The fourth-order valence-corrected chi connectivity index (χ4v) is 2.83. The Hall–Kier alpha value is -2.12. The molecule has 0 aromatic carbocycles. The summed E-state index contributed by atoms with van der Waals surface area (Å²) in [5.74, 6) is 0.0588. The van der Waals surface area contributed by atoms with Crippen molar-refractivity contribution in [2.75, 3.05) is 0 Å². The molecule has 0 bridgehead atoms. The van der Waals surface area contributed by atoms with Crippen LogP contribution in [0.1, 0.15) is 21.7 Å². The number of nitrogens with zero attached hydrogens (tertiary/aromatic N) is 5. The second-order valence-corrected chi connectivity index (χ2v) is 5.65. The van der Waals surface area contributed by atoms with Crippen LogP contribution in [0.5, 0.6) is 0 Å². The van der Waals surface area contributed by atoms with E-state index in [0.29, 0.717) is 10.6 Å². The van der Waals surface area contributed by atoms with Gasteiger partial charge in [0.1, 0.15) is 5.15 Å². The number of carbonyl (C=O) groups is 1. The quantitative estimate of drug-likeness (QED) is 0.645. The molecule has 3 aromatic heterocycles. The number of fused-ring (bicyclic) bond motifs is 1. The van der Waals surface area contributed by atoms with Crippen molar-refractivity contribution in [1.82, 2.24) is 18.7 Å². The molecule has 0 aliphatic heterocycles. The van der Waals surface area contributed by atoms with Crippen LogP contribution in [0.25, 0.3) is 5.78 Å². The first-order chi connectivity index (χ1) is 10.0. The Kier molecular flexibility index (Phi) is 3.52. The Morgan fingerprint density at radius 3 is 2.95 bits per heavy atom. The predicted molar refractivity (Wildman–Crippen MR) is 79.5 cm³/mol. The summed E-state index contributed by atoms with van der Waals surface area (Å²) in [6, 6.07) is 5.15. The minimum atomic E-state index is -0.470. The van der Waals surface area contributed by atoms with E-state index in [-0.39, 0.29) is 10.7 Å². The third-order valence-electron chi connectivity index (χ3n) is 2.75. The van der Waals surface area contributed by atoms with Crippen LogP contribution in [0.3, 0.4) is 0 Å². The van der Waals surface area contributed by atoms with E-state index in [4.69, 9.17) is 11.6 Å². The number of amides is 1. The largest absolute Gasteiger partial charge is 0.282 e. The van der Waals surface area contributed by atoms with E-state index in [1.807, 2.05) is 23.7 Å². The van der Waals surface area contributed by atoms with Gasteiger partial charge in [-0.15, -0.1) is 0 Å². The molecule has 0 saturated carbocycles. The van der Waals surface area contributed by atoms with Crippen molar-refractivity contribution >= 4 is 34.8 Å². The number of rotatable bonds is 1. The predicted octanol–water partition coefficient (Wildman–Crippen LogP) is 2.20. The molecule has 0 unspecified atom stereocenters. The van der Waals surface area contributed by atoms with Crippen LogP contribution < -0.4 is 4.80 Å². The highest BCUT2D eigenvalue weighted by Crippen LogP contribution is 2.12. The van der Waals surface area contributed by atoms with Gasteiger partial charge in [-0.05, 0) is 43.6 Å². The normalized spacial score (nSPS) is 12.0. The smallest absolute Gasteiger partial charge is 0.267 e. The minimum Gasteiger partial charge on any atom is -0.267 e. The lowest BCUT2D eigenvalue weighted by molar-refractivity contribution is 0.0998. The Morgan fingerprint density at radius 1 is 1.38 bits per heavy atom. The first-order valence-electron chi connectivity index (χ1n) is 6.08. The number of aromatic nitrogens is 4. The number of aryl methyl sites for hydroxylation is 2. The molecule has 21 heavy (non-hydrogen) atoms. The molecule has 3 aromatic rings. The van der Waals surface area contributed by atoms with Crippen LogP contribution in [0.4, 0.5) is 0 Å². The van der Waals surface area contributed by atoms with Crippen molar-refractivity contribution in [3.05, 3.63) is 51.3 Å². The Labute approximate surface area is 129 Å². The summed E-state index contributed by atoms with van der Waals surface area (Å²) < 4.78 is 1.82. The Balaban J connectivity index is 2.10. The summed E-state index contributed by atoms with van der Waals surface area (Å²) >= 11 is 7.14. The number of hydrogen-bond donors (Lipinski definition) is 0. The molecule has 0 aliphatic carbocycles. The van der Waals surface area contributed by atoms with Crippen LogP contribution >= 0.6 is 23.1 Å². The minimum absolute atomic E-state index is 0.130. The van der Waals surface area contributed by atoms with Gasteiger partial charge in [0, 0.05) is 17.6 Å².